The maximum Gasteiger partial charge on any atom is 0.247 e. The molecule has 1 N–H and O–H groups in total. The molecule has 1 aromatic heterocycles. The van der Waals surface area contributed by atoms with Crippen LogP contribution in [0.4, 0.5) is 4.39 Å². The molecule has 5 rings (SSSR count). The Hall–Kier alpha value is -3.42. The number of methoxy groups -OCH3 is 2. The fourth-order valence-corrected chi connectivity index (χ4v) is 5.47. The summed E-state index contributed by atoms with van der Waals surface area (Å²) in [6, 6.07) is 19.2. The lowest BCUT2D eigenvalue weighted by molar-refractivity contribution is -0.124. The molecule has 3 aromatic carbocycles. The van der Waals surface area contributed by atoms with E-state index in [-0.39, 0.29) is 17.0 Å². The molecular weight excluding hydrogens is 505 g/mol. The Morgan fingerprint density at radius 3 is 2.39 bits per heavy atom. The van der Waals surface area contributed by atoms with E-state index in [1.165, 1.54) is 18.6 Å². The van der Waals surface area contributed by atoms with Crippen LogP contribution in [0.3, 0.4) is 0 Å². The fourth-order valence-electron chi connectivity index (χ4n) is 5.31. The van der Waals surface area contributed by atoms with Crippen LogP contribution in [0.25, 0.3) is 11.0 Å². The first-order valence-corrected chi connectivity index (χ1v) is 13.3. The van der Waals surface area contributed by atoms with Gasteiger partial charge in [-0.2, -0.15) is 0 Å². The standard InChI is InChI=1S/C30H31ClFN3O3/c1-37-22-15-13-19(14-16-22)27(30(36)33-21-11-7-4-8-12-21)35-26-17-23(31)24(32)18-25(26)34-29(35)28(38-2)20-9-5-3-6-10-20/h3,5-6,9-10,13-18,21,27-28H,4,7-8,11-12H2,1-2H3,(H,33,36). The highest BCUT2D eigenvalue weighted by Gasteiger charge is 2.33. The summed E-state index contributed by atoms with van der Waals surface area (Å²) in [6.07, 6.45) is 4.65. The maximum atomic E-state index is 14.6. The van der Waals surface area contributed by atoms with Crippen LogP contribution in [0.1, 0.15) is 61.2 Å². The van der Waals surface area contributed by atoms with Gasteiger partial charge in [0.25, 0.3) is 0 Å². The Morgan fingerprint density at radius 1 is 1.03 bits per heavy atom. The molecule has 1 amide bonds. The van der Waals surface area contributed by atoms with Gasteiger partial charge in [-0.3, -0.25) is 4.79 Å². The van der Waals surface area contributed by atoms with Crippen LogP contribution in [0.15, 0.2) is 66.7 Å². The van der Waals surface area contributed by atoms with Crippen LogP contribution in [-0.4, -0.2) is 35.7 Å². The predicted molar refractivity (Wildman–Crippen MR) is 146 cm³/mol. The van der Waals surface area contributed by atoms with Crippen LogP contribution < -0.4 is 10.1 Å². The second kappa shape index (κ2) is 11.5. The molecule has 0 bridgehead atoms. The minimum Gasteiger partial charge on any atom is -0.497 e. The Labute approximate surface area is 226 Å². The van der Waals surface area contributed by atoms with E-state index in [0.717, 1.165) is 36.8 Å². The molecule has 1 fully saturated rings. The predicted octanol–water partition coefficient (Wildman–Crippen LogP) is 6.61. The van der Waals surface area contributed by atoms with Crippen LogP contribution in [0, 0.1) is 5.82 Å². The number of ether oxygens (including phenoxy) is 2. The lowest BCUT2D eigenvalue weighted by atomic mass is 9.94. The largest absolute Gasteiger partial charge is 0.497 e. The van der Waals surface area contributed by atoms with Gasteiger partial charge in [0.15, 0.2) is 0 Å². The summed E-state index contributed by atoms with van der Waals surface area (Å²) < 4.78 is 27.7. The molecule has 2 unspecified atom stereocenters. The average Bonchev–Trinajstić information content (AvgIpc) is 3.28. The van der Waals surface area contributed by atoms with Crippen molar-refractivity contribution in [2.75, 3.05) is 14.2 Å². The molecule has 1 heterocycles. The molecule has 1 aliphatic rings. The van der Waals surface area contributed by atoms with E-state index in [2.05, 4.69) is 5.32 Å². The zero-order chi connectivity index (χ0) is 26.6. The van der Waals surface area contributed by atoms with Gasteiger partial charge in [0, 0.05) is 19.2 Å². The number of nitrogens with zero attached hydrogens (tertiary/aromatic N) is 2. The monoisotopic (exact) mass is 535 g/mol. The number of fused-ring (bicyclic) bond motifs is 1. The zero-order valence-electron chi connectivity index (χ0n) is 21.5. The van der Waals surface area contributed by atoms with Crippen molar-refractivity contribution >= 4 is 28.5 Å². The van der Waals surface area contributed by atoms with Crippen LogP contribution >= 0.6 is 11.6 Å². The van der Waals surface area contributed by atoms with Gasteiger partial charge in [-0.25, -0.2) is 9.37 Å². The number of halogens is 2. The summed E-state index contributed by atoms with van der Waals surface area (Å²) in [5.41, 5.74) is 2.54. The Morgan fingerprint density at radius 2 is 1.74 bits per heavy atom. The number of nitrogens with one attached hydrogen (secondary N) is 1. The molecule has 0 aliphatic heterocycles. The van der Waals surface area contributed by atoms with Crippen molar-refractivity contribution in [1.29, 1.82) is 0 Å². The molecule has 4 aromatic rings. The second-order valence-electron chi connectivity index (χ2n) is 9.64. The van der Waals surface area contributed by atoms with Crippen molar-refractivity contribution in [2.24, 2.45) is 0 Å². The second-order valence-corrected chi connectivity index (χ2v) is 10.0. The molecule has 0 radical (unpaired) electrons. The van der Waals surface area contributed by atoms with Gasteiger partial charge in [0.1, 0.15) is 29.5 Å². The number of rotatable bonds is 8. The third-order valence-electron chi connectivity index (χ3n) is 7.22. The van der Waals surface area contributed by atoms with Gasteiger partial charge in [-0.15, -0.1) is 0 Å². The SMILES string of the molecule is COc1ccc(C(C(=O)NC2CCCCC2)n2c(C(OC)c3ccccc3)nc3cc(F)c(Cl)cc32)cc1. The van der Waals surface area contributed by atoms with Crippen LogP contribution in [-0.2, 0) is 9.53 Å². The molecule has 38 heavy (non-hydrogen) atoms. The molecule has 198 valence electrons. The summed E-state index contributed by atoms with van der Waals surface area (Å²) in [5, 5.41) is 3.24. The molecule has 0 saturated heterocycles. The number of hydrogen-bond acceptors (Lipinski definition) is 4. The normalized spacial score (nSPS) is 15.8. The Bertz CT molecular complexity index is 1400. The zero-order valence-corrected chi connectivity index (χ0v) is 22.2. The van der Waals surface area contributed by atoms with Crippen molar-refractivity contribution < 1.29 is 18.7 Å². The minimum atomic E-state index is -0.800. The number of carbonyl (C=O) groups is 1. The average molecular weight is 536 g/mol. The number of amides is 1. The third-order valence-corrected chi connectivity index (χ3v) is 7.51. The lowest BCUT2D eigenvalue weighted by Gasteiger charge is -2.28. The van der Waals surface area contributed by atoms with E-state index in [9.17, 15) is 9.18 Å². The minimum absolute atomic E-state index is 0.0416. The molecule has 1 saturated carbocycles. The van der Waals surface area contributed by atoms with Crippen molar-refractivity contribution in [1.82, 2.24) is 14.9 Å². The third kappa shape index (κ3) is 5.26. The van der Waals surface area contributed by atoms with E-state index in [1.807, 2.05) is 59.2 Å². The topological polar surface area (TPSA) is 65.4 Å². The summed E-state index contributed by atoms with van der Waals surface area (Å²) >= 11 is 6.26. The summed E-state index contributed by atoms with van der Waals surface area (Å²) in [4.78, 5) is 18.9. The summed E-state index contributed by atoms with van der Waals surface area (Å²) in [5.74, 6) is 0.428. The summed E-state index contributed by atoms with van der Waals surface area (Å²) in [6.45, 7) is 0. The molecule has 1 aliphatic carbocycles. The lowest BCUT2D eigenvalue weighted by Crippen LogP contribution is -2.41. The highest BCUT2D eigenvalue weighted by molar-refractivity contribution is 6.31. The van der Waals surface area contributed by atoms with E-state index < -0.39 is 18.0 Å². The first-order valence-electron chi connectivity index (χ1n) is 12.9. The number of carbonyl (C=O) groups excluding carboxylic acids is 1. The number of benzene rings is 3. The first kappa shape index (κ1) is 26.2. The smallest absolute Gasteiger partial charge is 0.247 e. The van der Waals surface area contributed by atoms with Crippen molar-refractivity contribution in [3.63, 3.8) is 0 Å². The molecular formula is C30H31ClFN3O3. The van der Waals surface area contributed by atoms with Crippen LogP contribution in [0.5, 0.6) is 5.75 Å². The van der Waals surface area contributed by atoms with Gasteiger partial charge >= 0.3 is 0 Å². The van der Waals surface area contributed by atoms with Crippen molar-refractivity contribution in [3.8, 4) is 5.75 Å². The molecule has 8 heteroatoms. The van der Waals surface area contributed by atoms with Gasteiger partial charge in [-0.05, 0) is 42.2 Å². The fraction of sp³-hybridized carbons (Fsp3) is 0.333. The van der Waals surface area contributed by atoms with Gasteiger partial charge < -0.3 is 19.4 Å². The highest BCUT2D eigenvalue weighted by atomic mass is 35.5. The summed E-state index contributed by atoms with van der Waals surface area (Å²) in [7, 11) is 3.20. The van der Waals surface area contributed by atoms with E-state index in [0.29, 0.717) is 22.6 Å². The van der Waals surface area contributed by atoms with E-state index >= 15 is 0 Å². The van der Waals surface area contributed by atoms with Crippen LogP contribution in [0.2, 0.25) is 5.02 Å². The van der Waals surface area contributed by atoms with Gasteiger partial charge in [-0.1, -0.05) is 73.3 Å². The quantitative estimate of drug-likeness (QED) is 0.276. The highest BCUT2D eigenvalue weighted by Crippen LogP contribution is 2.36. The van der Waals surface area contributed by atoms with Gasteiger partial charge in [0.05, 0.1) is 23.2 Å². The Balaban J connectivity index is 1.72. The van der Waals surface area contributed by atoms with E-state index in [1.54, 1.807) is 14.2 Å². The Kier molecular flexibility index (Phi) is 7.95. The van der Waals surface area contributed by atoms with Gasteiger partial charge in [0.2, 0.25) is 5.91 Å². The molecule has 6 nitrogen and oxygen atoms in total. The molecule has 0 spiro atoms. The first-order chi connectivity index (χ1) is 18.5. The van der Waals surface area contributed by atoms with Crippen molar-refractivity contribution in [3.05, 3.63) is 94.5 Å². The maximum absolute atomic E-state index is 14.6. The number of hydrogen-bond donors (Lipinski definition) is 1. The van der Waals surface area contributed by atoms with Crippen molar-refractivity contribution in [2.45, 2.75) is 50.3 Å². The molecule has 2 atom stereocenters. The van der Waals surface area contributed by atoms with E-state index in [4.69, 9.17) is 26.1 Å². The number of imidazole rings is 1. The number of aromatic nitrogens is 2.